The zero-order valence-electron chi connectivity index (χ0n) is 10.6. The van der Waals surface area contributed by atoms with E-state index in [4.69, 9.17) is 11.6 Å². The molecular weight excluding hydrogens is 268 g/mol. The molecule has 19 heavy (non-hydrogen) atoms. The third-order valence-electron chi connectivity index (χ3n) is 3.44. The van der Waals surface area contributed by atoms with Crippen molar-refractivity contribution in [2.45, 2.75) is 32.2 Å². The van der Waals surface area contributed by atoms with Gasteiger partial charge in [-0.1, -0.05) is 18.5 Å². The minimum atomic E-state index is -0.587. The Balaban J connectivity index is 2.11. The molecule has 0 aromatic heterocycles. The molecule has 0 saturated heterocycles. The van der Waals surface area contributed by atoms with Gasteiger partial charge in [0.1, 0.15) is 5.02 Å². The van der Waals surface area contributed by atoms with Gasteiger partial charge in [-0.25, -0.2) is 0 Å². The molecule has 1 aromatic rings. The Hall–Kier alpha value is -1.62. The number of carbonyl (C=O) groups is 1. The first-order valence-electron chi connectivity index (χ1n) is 6.22. The zero-order valence-corrected chi connectivity index (χ0v) is 11.3. The fraction of sp³-hybridized carbons (Fsp3) is 0.462. The van der Waals surface area contributed by atoms with E-state index < -0.39 is 4.92 Å². The first-order chi connectivity index (χ1) is 8.97. The molecule has 1 amide bonds. The standard InChI is InChI=1S/C13H15ClN2O3/c1-8-2-4-10(6-8)15-13(17)9-3-5-11(14)12(7-9)16(18)19/h3,5,7-8,10H,2,4,6H2,1H3,(H,15,17). The molecule has 0 heterocycles. The molecule has 5 nitrogen and oxygen atoms in total. The summed E-state index contributed by atoms with van der Waals surface area (Å²) in [5, 5.41) is 13.7. The Morgan fingerprint density at radius 2 is 2.21 bits per heavy atom. The lowest BCUT2D eigenvalue weighted by Crippen LogP contribution is -2.32. The third kappa shape index (κ3) is 3.23. The predicted octanol–water partition coefficient (Wildman–Crippen LogP) is 3.17. The van der Waals surface area contributed by atoms with E-state index in [0.717, 1.165) is 19.3 Å². The third-order valence-corrected chi connectivity index (χ3v) is 3.75. The molecule has 1 aromatic carbocycles. The summed E-state index contributed by atoms with van der Waals surface area (Å²) in [5.74, 6) is 0.337. The number of hydrogen-bond acceptors (Lipinski definition) is 3. The highest BCUT2D eigenvalue weighted by Gasteiger charge is 2.24. The van der Waals surface area contributed by atoms with Crippen LogP contribution in [0.2, 0.25) is 5.02 Å². The number of nitro benzene ring substituents is 1. The van der Waals surface area contributed by atoms with Crippen molar-refractivity contribution in [2.75, 3.05) is 0 Å². The second-order valence-electron chi connectivity index (χ2n) is 5.01. The summed E-state index contributed by atoms with van der Waals surface area (Å²) < 4.78 is 0. The predicted molar refractivity (Wildman–Crippen MR) is 72.4 cm³/mol. The Morgan fingerprint density at radius 1 is 1.47 bits per heavy atom. The molecule has 0 spiro atoms. The van der Waals surface area contributed by atoms with E-state index >= 15 is 0 Å². The number of halogens is 1. The zero-order chi connectivity index (χ0) is 14.0. The number of nitrogens with one attached hydrogen (secondary N) is 1. The molecule has 2 unspecified atom stereocenters. The minimum absolute atomic E-state index is 0.0380. The first kappa shape index (κ1) is 13.8. The van der Waals surface area contributed by atoms with Gasteiger partial charge in [-0.2, -0.15) is 0 Å². The normalized spacial score (nSPS) is 22.2. The van der Waals surface area contributed by atoms with Crippen LogP contribution in [0.15, 0.2) is 18.2 Å². The maximum atomic E-state index is 12.0. The van der Waals surface area contributed by atoms with Crippen LogP contribution in [0.1, 0.15) is 36.5 Å². The SMILES string of the molecule is CC1CCC(NC(=O)c2ccc(Cl)c([N+](=O)[O-])c2)C1. The van der Waals surface area contributed by atoms with E-state index in [1.54, 1.807) is 0 Å². The molecule has 1 fully saturated rings. The number of hydrogen-bond donors (Lipinski definition) is 1. The van der Waals surface area contributed by atoms with Crippen molar-refractivity contribution in [3.05, 3.63) is 38.9 Å². The average Bonchev–Trinajstić information content (AvgIpc) is 2.74. The van der Waals surface area contributed by atoms with Crippen LogP contribution in [0.3, 0.4) is 0 Å². The summed E-state index contributed by atoms with van der Waals surface area (Å²) in [4.78, 5) is 22.2. The van der Waals surface area contributed by atoms with E-state index in [2.05, 4.69) is 12.2 Å². The van der Waals surface area contributed by atoms with Crippen LogP contribution >= 0.6 is 11.6 Å². The summed E-state index contributed by atoms with van der Waals surface area (Å²) in [6.07, 6.45) is 3.02. The van der Waals surface area contributed by atoms with E-state index in [-0.39, 0.29) is 28.2 Å². The summed E-state index contributed by atoms with van der Waals surface area (Å²) in [6.45, 7) is 2.15. The topological polar surface area (TPSA) is 72.2 Å². The molecule has 0 radical (unpaired) electrons. The monoisotopic (exact) mass is 282 g/mol. The van der Waals surface area contributed by atoms with Gasteiger partial charge in [-0.05, 0) is 37.3 Å². The number of benzene rings is 1. The Bertz CT molecular complexity index is 519. The van der Waals surface area contributed by atoms with Crippen LogP contribution in [-0.2, 0) is 0 Å². The van der Waals surface area contributed by atoms with Crippen molar-refractivity contribution in [1.29, 1.82) is 0 Å². The summed E-state index contributed by atoms with van der Waals surface area (Å²) in [7, 11) is 0. The lowest BCUT2D eigenvalue weighted by atomic mass is 10.1. The largest absolute Gasteiger partial charge is 0.349 e. The van der Waals surface area contributed by atoms with E-state index in [1.165, 1.54) is 18.2 Å². The first-order valence-corrected chi connectivity index (χ1v) is 6.60. The summed E-state index contributed by atoms with van der Waals surface area (Å²) >= 11 is 5.71. The highest BCUT2D eigenvalue weighted by molar-refractivity contribution is 6.32. The number of amides is 1. The van der Waals surface area contributed by atoms with Gasteiger partial charge in [-0.3, -0.25) is 14.9 Å². The number of rotatable bonds is 3. The number of carbonyl (C=O) groups excluding carboxylic acids is 1. The lowest BCUT2D eigenvalue weighted by Gasteiger charge is -2.12. The smallest absolute Gasteiger partial charge is 0.288 e. The minimum Gasteiger partial charge on any atom is -0.349 e. The Labute approximate surface area is 116 Å². The second-order valence-corrected chi connectivity index (χ2v) is 5.42. The van der Waals surface area contributed by atoms with Crippen LogP contribution in [0.5, 0.6) is 0 Å². The van der Waals surface area contributed by atoms with Gasteiger partial charge < -0.3 is 5.32 Å². The van der Waals surface area contributed by atoms with Gasteiger partial charge in [0.2, 0.25) is 0 Å². The van der Waals surface area contributed by atoms with Gasteiger partial charge in [0.15, 0.2) is 0 Å². The van der Waals surface area contributed by atoms with Crippen LogP contribution in [0.25, 0.3) is 0 Å². The molecule has 102 valence electrons. The van der Waals surface area contributed by atoms with E-state index in [0.29, 0.717) is 5.92 Å². The van der Waals surface area contributed by atoms with Gasteiger partial charge in [0, 0.05) is 17.7 Å². The van der Waals surface area contributed by atoms with Gasteiger partial charge in [0.25, 0.3) is 11.6 Å². The molecule has 0 aliphatic heterocycles. The maximum Gasteiger partial charge on any atom is 0.288 e. The lowest BCUT2D eigenvalue weighted by molar-refractivity contribution is -0.384. The summed E-state index contributed by atoms with van der Waals surface area (Å²) in [5.41, 5.74) is 0.0322. The average molecular weight is 283 g/mol. The van der Waals surface area contributed by atoms with Crippen molar-refractivity contribution in [1.82, 2.24) is 5.32 Å². The number of nitrogens with zero attached hydrogens (tertiary/aromatic N) is 1. The molecule has 1 aliphatic carbocycles. The fourth-order valence-electron chi connectivity index (χ4n) is 2.40. The maximum absolute atomic E-state index is 12.0. The molecule has 2 rings (SSSR count). The van der Waals surface area contributed by atoms with Crippen LogP contribution in [0.4, 0.5) is 5.69 Å². The van der Waals surface area contributed by atoms with Gasteiger partial charge >= 0.3 is 0 Å². The van der Waals surface area contributed by atoms with Crippen molar-refractivity contribution in [3.8, 4) is 0 Å². The Morgan fingerprint density at radius 3 is 2.79 bits per heavy atom. The van der Waals surface area contributed by atoms with Gasteiger partial charge in [0.05, 0.1) is 4.92 Å². The molecule has 1 N–H and O–H groups in total. The number of nitro groups is 1. The van der Waals surface area contributed by atoms with Crippen molar-refractivity contribution in [3.63, 3.8) is 0 Å². The molecular formula is C13H15ClN2O3. The highest BCUT2D eigenvalue weighted by atomic mass is 35.5. The molecule has 2 atom stereocenters. The van der Waals surface area contributed by atoms with Crippen LogP contribution in [-0.4, -0.2) is 16.9 Å². The summed E-state index contributed by atoms with van der Waals surface area (Å²) in [6, 6.07) is 4.27. The Kier molecular flexibility index (Phi) is 4.04. The molecule has 6 heteroatoms. The molecule has 1 saturated carbocycles. The van der Waals surface area contributed by atoms with Crippen molar-refractivity contribution < 1.29 is 9.72 Å². The quantitative estimate of drug-likeness (QED) is 0.683. The van der Waals surface area contributed by atoms with E-state index in [9.17, 15) is 14.9 Å². The molecule has 0 bridgehead atoms. The second kappa shape index (κ2) is 5.57. The van der Waals surface area contributed by atoms with Crippen molar-refractivity contribution in [2.24, 2.45) is 5.92 Å². The fourth-order valence-corrected chi connectivity index (χ4v) is 2.59. The van der Waals surface area contributed by atoms with Crippen LogP contribution in [0, 0.1) is 16.0 Å². The molecule has 1 aliphatic rings. The van der Waals surface area contributed by atoms with Gasteiger partial charge in [-0.15, -0.1) is 0 Å². The van der Waals surface area contributed by atoms with Crippen LogP contribution < -0.4 is 5.32 Å². The van der Waals surface area contributed by atoms with Crippen molar-refractivity contribution >= 4 is 23.2 Å². The highest BCUT2D eigenvalue weighted by Crippen LogP contribution is 2.27. The van der Waals surface area contributed by atoms with E-state index in [1.807, 2.05) is 0 Å².